The van der Waals surface area contributed by atoms with Gasteiger partial charge in [-0.15, -0.1) is 0 Å². The molecule has 2 atom stereocenters. The minimum absolute atomic E-state index is 0.00491. The standard InChI is InChI=1S/C13H24FNO/c1-12(2,3)16-10-13-6-4-5-7-15(13)9-11(14)8-13/h11H,4-10H2,1-3H3/t11-,13+/m1/s1. The van der Waals surface area contributed by atoms with Crippen molar-refractivity contribution in [2.24, 2.45) is 0 Å². The van der Waals surface area contributed by atoms with Gasteiger partial charge < -0.3 is 4.74 Å². The molecule has 3 heteroatoms. The molecule has 0 bridgehead atoms. The van der Waals surface area contributed by atoms with Crippen LogP contribution < -0.4 is 0 Å². The van der Waals surface area contributed by atoms with Gasteiger partial charge in [0.05, 0.1) is 12.2 Å². The summed E-state index contributed by atoms with van der Waals surface area (Å²) in [5.74, 6) is 0. The molecule has 2 heterocycles. The minimum Gasteiger partial charge on any atom is -0.374 e. The van der Waals surface area contributed by atoms with Crippen molar-refractivity contribution in [3.8, 4) is 0 Å². The summed E-state index contributed by atoms with van der Waals surface area (Å²) in [6.45, 7) is 8.56. The average molecular weight is 229 g/mol. The van der Waals surface area contributed by atoms with E-state index in [1.165, 1.54) is 12.8 Å². The van der Waals surface area contributed by atoms with Gasteiger partial charge in [-0.25, -0.2) is 4.39 Å². The minimum atomic E-state index is -0.651. The Balaban J connectivity index is 2.02. The fourth-order valence-electron chi connectivity index (χ4n) is 2.96. The first-order valence-corrected chi connectivity index (χ1v) is 6.44. The lowest BCUT2D eigenvalue weighted by Gasteiger charge is -2.43. The van der Waals surface area contributed by atoms with Crippen molar-refractivity contribution in [3.05, 3.63) is 0 Å². The van der Waals surface area contributed by atoms with Gasteiger partial charge in [-0.05, 0) is 40.2 Å². The first-order valence-electron chi connectivity index (χ1n) is 6.44. The molecule has 2 rings (SSSR count). The van der Waals surface area contributed by atoms with E-state index in [0.29, 0.717) is 19.6 Å². The highest BCUT2D eigenvalue weighted by atomic mass is 19.1. The molecule has 2 aliphatic heterocycles. The maximum absolute atomic E-state index is 13.6. The van der Waals surface area contributed by atoms with Crippen LogP contribution in [0.3, 0.4) is 0 Å². The summed E-state index contributed by atoms with van der Waals surface area (Å²) in [5, 5.41) is 0. The molecule has 0 spiro atoms. The van der Waals surface area contributed by atoms with Crippen LogP contribution in [0.5, 0.6) is 0 Å². The van der Waals surface area contributed by atoms with Crippen LogP contribution in [0.2, 0.25) is 0 Å². The lowest BCUT2D eigenvalue weighted by molar-refractivity contribution is -0.0727. The van der Waals surface area contributed by atoms with Gasteiger partial charge in [0, 0.05) is 18.5 Å². The van der Waals surface area contributed by atoms with Crippen molar-refractivity contribution in [3.63, 3.8) is 0 Å². The number of ether oxygens (including phenoxy) is 1. The largest absolute Gasteiger partial charge is 0.374 e. The van der Waals surface area contributed by atoms with Gasteiger partial charge in [0.25, 0.3) is 0 Å². The number of fused-ring (bicyclic) bond motifs is 1. The van der Waals surface area contributed by atoms with Gasteiger partial charge in [-0.3, -0.25) is 4.90 Å². The molecule has 0 amide bonds. The van der Waals surface area contributed by atoms with E-state index in [0.717, 1.165) is 13.0 Å². The number of hydrogen-bond donors (Lipinski definition) is 0. The summed E-state index contributed by atoms with van der Waals surface area (Å²) in [7, 11) is 0. The summed E-state index contributed by atoms with van der Waals surface area (Å²) < 4.78 is 19.5. The Hall–Kier alpha value is -0.150. The number of piperidine rings is 1. The molecule has 2 aliphatic rings. The van der Waals surface area contributed by atoms with Crippen molar-refractivity contribution >= 4 is 0 Å². The first kappa shape index (κ1) is 12.3. The van der Waals surface area contributed by atoms with Crippen molar-refractivity contribution in [2.75, 3.05) is 19.7 Å². The molecule has 0 aliphatic carbocycles. The van der Waals surface area contributed by atoms with Crippen LogP contribution in [0.25, 0.3) is 0 Å². The first-order chi connectivity index (χ1) is 7.41. The van der Waals surface area contributed by atoms with E-state index in [1.807, 2.05) is 0 Å². The molecule has 16 heavy (non-hydrogen) atoms. The maximum Gasteiger partial charge on any atom is 0.115 e. The number of nitrogens with zero attached hydrogens (tertiary/aromatic N) is 1. The number of halogens is 1. The maximum atomic E-state index is 13.6. The molecule has 0 N–H and O–H groups in total. The van der Waals surface area contributed by atoms with Gasteiger partial charge in [-0.1, -0.05) is 6.42 Å². The molecule has 0 unspecified atom stereocenters. The SMILES string of the molecule is CC(C)(C)OC[C@@]12CCCCN1C[C@H](F)C2. The highest BCUT2D eigenvalue weighted by Gasteiger charge is 2.47. The second-order valence-corrected chi connectivity index (χ2v) is 6.33. The van der Waals surface area contributed by atoms with Crippen LogP contribution >= 0.6 is 0 Å². The molecule has 0 aromatic heterocycles. The normalized spacial score (nSPS) is 36.4. The Bertz CT molecular complexity index is 251. The van der Waals surface area contributed by atoms with E-state index >= 15 is 0 Å². The third kappa shape index (κ3) is 2.57. The Morgan fingerprint density at radius 1 is 1.38 bits per heavy atom. The Morgan fingerprint density at radius 3 is 2.81 bits per heavy atom. The third-order valence-electron chi connectivity index (χ3n) is 3.78. The van der Waals surface area contributed by atoms with E-state index in [9.17, 15) is 4.39 Å². The average Bonchev–Trinajstić information content (AvgIpc) is 2.50. The second-order valence-electron chi connectivity index (χ2n) is 6.33. The molecule has 0 aromatic carbocycles. The smallest absolute Gasteiger partial charge is 0.115 e. The Kier molecular flexibility index (Phi) is 3.28. The van der Waals surface area contributed by atoms with Crippen LogP contribution in [0.15, 0.2) is 0 Å². The van der Waals surface area contributed by atoms with Crippen LogP contribution in [0.4, 0.5) is 4.39 Å². The number of alkyl halides is 1. The molecule has 2 saturated heterocycles. The summed E-state index contributed by atoms with van der Waals surface area (Å²) in [6.07, 6.45) is 3.55. The molecule has 94 valence electrons. The Labute approximate surface area is 98.1 Å². The zero-order valence-corrected chi connectivity index (χ0v) is 10.8. The monoisotopic (exact) mass is 229 g/mol. The van der Waals surface area contributed by atoms with Crippen molar-refractivity contribution in [2.45, 2.75) is 63.8 Å². The number of rotatable bonds is 2. The van der Waals surface area contributed by atoms with E-state index in [1.54, 1.807) is 0 Å². The molecule has 0 saturated carbocycles. The number of hydrogen-bond acceptors (Lipinski definition) is 2. The van der Waals surface area contributed by atoms with Gasteiger partial charge in [0.15, 0.2) is 0 Å². The van der Waals surface area contributed by atoms with E-state index < -0.39 is 6.17 Å². The fourth-order valence-corrected chi connectivity index (χ4v) is 2.96. The molecule has 2 nitrogen and oxygen atoms in total. The predicted molar refractivity (Wildman–Crippen MR) is 63.4 cm³/mol. The lowest BCUT2D eigenvalue weighted by atomic mass is 9.87. The quantitative estimate of drug-likeness (QED) is 0.722. The van der Waals surface area contributed by atoms with Gasteiger partial charge in [-0.2, -0.15) is 0 Å². The van der Waals surface area contributed by atoms with E-state index in [4.69, 9.17) is 4.74 Å². The van der Waals surface area contributed by atoms with Crippen molar-refractivity contribution in [1.82, 2.24) is 4.90 Å². The van der Waals surface area contributed by atoms with Crippen LogP contribution in [0, 0.1) is 0 Å². The summed E-state index contributed by atoms with van der Waals surface area (Å²) in [4.78, 5) is 2.33. The molecular formula is C13H24FNO. The van der Waals surface area contributed by atoms with Crippen molar-refractivity contribution in [1.29, 1.82) is 0 Å². The molecular weight excluding hydrogens is 205 g/mol. The van der Waals surface area contributed by atoms with E-state index in [-0.39, 0.29) is 11.1 Å². The summed E-state index contributed by atoms with van der Waals surface area (Å²) in [6, 6.07) is 0. The predicted octanol–water partition coefficient (Wildman–Crippen LogP) is 2.77. The van der Waals surface area contributed by atoms with Crippen LogP contribution in [-0.4, -0.2) is 41.9 Å². The molecule has 0 aromatic rings. The van der Waals surface area contributed by atoms with Gasteiger partial charge in [0.1, 0.15) is 6.17 Å². The summed E-state index contributed by atoms with van der Waals surface area (Å²) in [5.41, 5.74) is -0.114. The zero-order chi connectivity index (χ0) is 11.8. The highest BCUT2D eigenvalue weighted by molar-refractivity contribution is 5.02. The van der Waals surface area contributed by atoms with Crippen molar-refractivity contribution < 1.29 is 9.13 Å². The van der Waals surface area contributed by atoms with Crippen LogP contribution in [0.1, 0.15) is 46.5 Å². The lowest BCUT2D eigenvalue weighted by Crippen LogP contribution is -2.51. The van der Waals surface area contributed by atoms with Gasteiger partial charge in [0.2, 0.25) is 0 Å². The van der Waals surface area contributed by atoms with Gasteiger partial charge >= 0.3 is 0 Å². The summed E-state index contributed by atoms with van der Waals surface area (Å²) >= 11 is 0. The molecule has 2 fully saturated rings. The van der Waals surface area contributed by atoms with E-state index in [2.05, 4.69) is 25.7 Å². The zero-order valence-electron chi connectivity index (χ0n) is 10.8. The second kappa shape index (κ2) is 4.26. The highest BCUT2D eigenvalue weighted by Crippen LogP contribution is 2.39. The Morgan fingerprint density at radius 2 is 2.12 bits per heavy atom. The topological polar surface area (TPSA) is 12.5 Å². The third-order valence-corrected chi connectivity index (χ3v) is 3.78. The fraction of sp³-hybridized carbons (Fsp3) is 1.00. The van der Waals surface area contributed by atoms with Crippen LogP contribution in [-0.2, 0) is 4.74 Å². The molecule has 0 radical (unpaired) electrons.